The molecule has 0 aliphatic heterocycles. The third-order valence-corrected chi connectivity index (χ3v) is 2.13. The van der Waals surface area contributed by atoms with Crippen molar-refractivity contribution in [3.8, 4) is 0 Å². The van der Waals surface area contributed by atoms with Crippen LogP contribution in [0.2, 0.25) is 0 Å². The van der Waals surface area contributed by atoms with E-state index in [1.54, 1.807) is 0 Å². The van der Waals surface area contributed by atoms with Crippen molar-refractivity contribution in [3.05, 3.63) is 29.6 Å². The van der Waals surface area contributed by atoms with Gasteiger partial charge in [-0.25, -0.2) is 0 Å². The van der Waals surface area contributed by atoms with Crippen molar-refractivity contribution in [3.63, 3.8) is 0 Å². The zero-order valence-corrected chi connectivity index (χ0v) is 8.74. The number of hydrogen-bond acceptors (Lipinski definition) is 3. The Kier molecular flexibility index (Phi) is 4.06. The molecule has 17 heavy (non-hydrogen) atoms. The summed E-state index contributed by atoms with van der Waals surface area (Å²) in [5, 5.41) is 9.53. The third-order valence-electron chi connectivity index (χ3n) is 2.13. The third kappa shape index (κ3) is 4.03. The molecule has 0 bridgehead atoms. The molecule has 1 aromatic rings. The molecule has 1 amide bonds. The molecular weight excluding hydrogens is 237 g/mol. The average molecular weight is 248 g/mol. The summed E-state index contributed by atoms with van der Waals surface area (Å²) in [7, 11) is 0. The van der Waals surface area contributed by atoms with Gasteiger partial charge in [-0.2, -0.15) is 13.2 Å². The van der Waals surface area contributed by atoms with Crippen LogP contribution in [0.5, 0.6) is 0 Å². The Morgan fingerprint density at radius 2 is 2.12 bits per heavy atom. The molecule has 0 spiro atoms. The number of hydrogen-bond donors (Lipinski definition) is 2. The van der Waals surface area contributed by atoms with Crippen molar-refractivity contribution in [2.45, 2.75) is 25.1 Å². The SMILES string of the molecule is NC(=O)CCC(O)c1ccc(C(F)(F)F)nc1. The Bertz CT molecular complexity index is 390. The van der Waals surface area contributed by atoms with Crippen LogP contribution >= 0.6 is 0 Å². The van der Waals surface area contributed by atoms with Gasteiger partial charge in [0.15, 0.2) is 0 Å². The maximum Gasteiger partial charge on any atom is 0.433 e. The second-order valence-electron chi connectivity index (χ2n) is 3.50. The van der Waals surface area contributed by atoms with Crippen molar-refractivity contribution in [2.24, 2.45) is 5.73 Å². The highest BCUT2D eigenvalue weighted by Gasteiger charge is 2.32. The minimum atomic E-state index is -4.50. The zero-order valence-electron chi connectivity index (χ0n) is 8.74. The number of nitrogens with two attached hydrogens (primary N) is 1. The predicted molar refractivity (Wildman–Crippen MR) is 52.6 cm³/mol. The van der Waals surface area contributed by atoms with Crippen LogP contribution in [0.1, 0.15) is 30.2 Å². The minimum absolute atomic E-state index is 0.0395. The first-order valence-corrected chi connectivity index (χ1v) is 4.80. The number of aliphatic hydroxyl groups is 1. The Labute approximate surface area is 95.3 Å². The molecule has 1 atom stereocenters. The Hall–Kier alpha value is -1.63. The van der Waals surface area contributed by atoms with E-state index in [-0.39, 0.29) is 18.4 Å². The molecule has 0 saturated heterocycles. The quantitative estimate of drug-likeness (QED) is 0.845. The predicted octanol–water partition coefficient (Wildman–Crippen LogP) is 1.40. The minimum Gasteiger partial charge on any atom is -0.388 e. The van der Waals surface area contributed by atoms with Crippen LogP contribution in [-0.2, 0) is 11.0 Å². The number of carbonyl (C=O) groups is 1. The molecule has 1 aromatic heterocycles. The fraction of sp³-hybridized carbons (Fsp3) is 0.400. The van der Waals surface area contributed by atoms with Crippen molar-refractivity contribution >= 4 is 5.91 Å². The van der Waals surface area contributed by atoms with Gasteiger partial charge in [-0.1, -0.05) is 6.07 Å². The van der Waals surface area contributed by atoms with E-state index in [9.17, 15) is 23.1 Å². The first kappa shape index (κ1) is 13.4. The summed E-state index contributed by atoms with van der Waals surface area (Å²) in [5.74, 6) is -0.580. The van der Waals surface area contributed by atoms with Gasteiger partial charge < -0.3 is 10.8 Å². The Balaban J connectivity index is 2.70. The van der Waals surface area contributed by atoms with Gasteiger partial charge in [-0.15, -0.1) is 0 Å². The molecule has 0 aliphatic carbocycles. The van der Waals surface area contributed by atoms with Gasteiger partial charge in [0.1, 0.15) is 5.69 Å². The van der Waals surface area contributed by atoms with Crippen LogP contribution in [0.25, 0.3) is 0 Å². The number of aliphatic hydroxyl groups excluding tert-OH is 1. The van der Waals surface area contributed by atoms with Crippen LogP contribution in [0, 0.1) is 0 Å². The van der Waals surface area contributed by atoms with Gasteiger partial charge in [-0.3, -0.25) is 9.78 Å². The molecule has 0 aliphatic rings. The van der Waals surface area contributed by atoms with Gasteiger partial charge >= 0.3 is 6.18 Å². The van der Waals surface area contributed by atoms with Gasteiger partial charge in [0, 0.05) is 12.6 Å². The van der Waals surface area contributed by atoms with E-state index in [1.165, 1.54) is 0 Å². The summed E-state index contributed by atoms with van der Waals surface area (Å²) in [6.07, 6.45) is -4.59. The number of halogens is 3. The zero-order chi connectivity index (χ0) is 13.1. The number of rotatable bonds is 4. The van der Waals surface area contributed by atoms with Crippen LogP contribution in [0.3, 0.4) is 0 Å². The standard InChI is InChI=1S/C10H11F3N2O2/c11-10(12,13)8-3-1-6(5-15-8)7(16)2-4-9(14)17/h1,3,5,7,16H,2,4H2,(H2,14,17). The monoisotopic (exact) mass is 248 g/mol. The van der Waals surface area contributed by atoms with Gasteiger partial charge in [0.2, 0.25) is 5.91 Å². The fourth-order valence-electron chi connectivity index (χ4n) is 1.22. The molecule has 1 rings (SSSR count). The normalized spacial score (nSPS) is 13.4. The first-order chi connectivity index (χ1) is 7.80. The summed E-state index contributed by atoms with van der Waals surface area (Å²) >= 11 is 0. The summed E-state index contributed by atoms with van der Waals surface area (Å²) in [6.45, 7) is 0. The molecule has 0 fully saturated rings. The highest BCUT2D eigenvalue weighted by Crippen LogP contribution is 2.28. The van der Waals surface area contributed by atoms with E-state index < -0.39 is 23.9 Å². The number of alkyl halides is 3. The molecule has 0 radical (unpaired) electrons. The highest BCUT2D eigenvalue weighted by atomic mass is 19.4. The maximum atomic E-state index is 12.2. The van der Waals surface area contributed by atoms with E-state index in [0.29, 0.717) is 0 Å². The van der Waals surface area contributed by atoms with Crippen LogP contribution in [0.4, 0.5) is 13.2 Å². The fourth-order valence-corrected chi connectivity index (χ4v) is 1.22. The van der Waals surface area contributed by atoms with E-state index in [0.717, 1.165) is 18.3 Å². The molecule has 1 heterocycles. The molecule has 3 N–H and O–H groups in total. The van der Waals surface area contributed by atoms with Gasteiger partial charge in [0.25, 0.3) is 0 Å². The molecular formula is C10H11F3N2O2. The maximum absolute atomic E-state index is 12.2. The van der Waals surface area contributed by atoms with Gasteiger partial charge in [-0.05, 0) is 18.1 Å². The molecule has 94 valence electrons. The van der Waals surface area contributed by atoms with E-state index in [4.69, 9.17) is 5.73 Å². The van der Waals surface area contributed by atoms with Crippen LogP contribution in [-0.4, -0.2) is 16.0 Å². The number of primary amides is 1. The van der Waals surface area contributed by atoms with Gasteiger partial charge in [0.05, 0.1) is 6.10 Å². The van der Waals surface area contributed by atoms with E-state index in [2.05, 4.69) is 4.98 Å². The number of nitrogens with zero attached hydrogens (tertiary/aromatic N) is 1. The van der Waals surface area contributed by atoms with Crippen molar-refractivity contribution in [1.82, 2.24) is 4.98 Å². The smallest absolute Gasteiger partial charge is 0.388 e. The molecule has 4 nitrogen and oxygen atoms in total. The lowest BCUT2D eigenvalue weighted by molar-refractivity contribution is -0.141. The lowest BCUT2D eigenvalue weighted by atomic mass is 10.1. The summed E-state index contributed by atoms with van der Waals surface area (Å²) < 4.78 is 36.6. The topological polar surface area (TPSA) is 76.2 Å². The number of aromatic nitrogens is 1. The van der Waals surface area contributed by atoms with Crippen LogP contribution < -0.4 is 5.73 Å². The lowest BCUT2D eigenvalue weighted by Crippen LogP contribution is -2.12. The van der Waals surface area contributed by atoms with Crippen molar-refractivity contribution < 1.29 is 23.1 Å². The number of amides is 1. The number of carbonyl (C=O) groups excluding carboxylic acids is 1. The summed E-state index contributed by atoms with van der Waals surface area (Å²) in [5.41, 5.74) is 4.08. The Morgan fingerprint density at radius 1 is 1.47 bits per heavy atom. The highest BCUT2D eigenvalue weighted by molar-refractivity contribution is 5.73. The van der Waals surface area contributed by atoms with Crippen LogP contribution in [0.15, 0.2) is 18.3 Å². The summed E-state index contributed by atoms with van der Waals surface area (Å²) in [4.78, 5) is 13.7. The Morgan fingerprint density at radius 3 is 2.53 bits per heavy atom. The van der Waals surface area contributed by atoms with Crippen molar-refractivity contribution in [1.29, 1.82) is 0 Å². The average Bonchev–Trinajstić information content (AvgIpc) is 2.25. The summed E-state index contributed by atoms with van der Waals surface area (Å²) in [6, 6.07) is 1.91. The largest absolute Gasteiger partial charge is 0.433 e. The molecule has 0 saturated carbocycles. The second-order valence-corrected chi connectivity index (χ2v) is 3.50. The van der Waals surface area contributed by atoms with E-state index in [1.807, 2.05) is 0 Å². The molecule has 0 aromatic carbocycles. The van der Waals surface area contributed by atoms with E-state index >= 15 is 0 Å². The number of pyridine rings is 1. The first-order valence-electron chi connectivity index (χ1n) is 4.80. The molecule has 1 unspecified atom stereocenters. The van der Waals surface area contributed by atoms with Crippen molar-refractivity contribution in [2.75, 3.05) is 0 Å². The second kappa shape index (κ2) is 5.13. The molecule has 7 heteroatoms. The lowest BCUT2D eigenvalue weighted by Gasteiger charge is -2.11.